The fourth-order valence-corrected chi connectivity index (χ4v) is 2.03. The molecular formula is C16H18N4O6SZn. The van der Waals surface area contributed by atoms with Gasteiger partial charge in [-0.15, -0.1) is 0 Å². The van der Waals surface area contributed by atoms with Crippen molar-refractivity contribution < 1.29 is 44.0 Å². The smallest absolute Gasteiger partial charge is 0.867 e. The van der Waals surface area contributed by atoms with E-state index in [2.05, 4.69) is 15.3 Å². The molecule has 0 aliphatic carbocycles. The zero-order chi connectivity index (χ0) is 20.7. The molecule has 0 amide bonds. The summed E-state index contributed by atoms with van der Waals surface area (Å²) in [6.45, 7) is 4.20. The molecule has 1 heterocycles. The Morgan fingerprint density at radius 2 is 1.71 bits per heavy atom. The molecule has 0 fully saturated rings. The molecule has 0 bridgehead atoms. The molecule has 146 valence electrons. The minimum absolute atomic E-state index is 0. The number of nitrogens with zero attached hydrogens (tertiary/aromatic N) is 3. The molecule has 0 atom stereocenters. The van der Waals surface area contributed by atoms with Gasteiger partial charge in [-0.25, -0.2) is 0 Å². The van der Waals surface area contributed by atoms with Crippen molar-refractivity contribution in [1.82, 2.24) is 14.9 Å². The maximum Gasteiger partial charge on any atom is 2.00 e. The minimum Gasteiger partial charge on any atom is -0.867 e. The van der Waals surface area contributed by atoms with Crippen LogP contribution in [0.2, 0.25) is 0 Å². The number of hydrogen-bond acceptors (Lipinski definition) is 9. The van der Waals surface area contributed by atoms with Crippen LogP contribution in [0.25, 0.3) is 0 Å². The number of aliphatic carboxylic acids is 1. The Bertz CT molecular complexity index is 957. The average molecular weight is 460 g/mol. The van der Waals surface area contributed by atoms with E-state index in [0.717, 1.165) is 11.6 Å². The first-order chi connectivity index (χ1) is 12.6. The van der Waals surface area contributed by atoms with Crippen molar-refractivity contribution in [3.8, 4) is 17.2 Å². The van der Waals surface area contributed by atoms with Gasteiger partial charge in [0.2, 0.25) is 4.77 Å². The van der Waals surface area contributed by atoms with E-state index in [9.17, 15) is 9.90 Å². The molecule has 1 aromatic carbocycles. The summed E-state index contributed by atoms with van der Waals surface area (Å²) in [6.07, 6.45) is 0. The number of aromatic nitrogens is 3. The quantitative estimate of drug-likeness (QED) is 0.373. The van der Waals surface area contributed by atoms with Crippen LogP contribution in [-0.2, 0) is 24.3 Å². The van der Waals surface area contributed by atoms with Crippen LogP contribution >= 0.6 is 12.2 Å². The third kappa shape index (κ3) is 6.54. The summed E-state index contributed by atoms with van der Waals surface area (Å²) in [5, 5.41) is 31.3. The van der Waals surface area contributed by atoms with Crippen LogP contribution in [0.3, 0.4) is 0 Å². The number of H-pyrrole nitrogens is 1. The van der Waals surface area contributed by atoms with Crippen molar-refractivity contribution in [2.45, 2.75) is 20.8 Å². The first-order valence-corrected chi connectivity index (χ1v) is 7.88. The Labute approximate surface area is 178 Å². The number of carboxylic acids is 1. The summed E-state index contributed by atoms with van der Waals surface area (Å²) in [5.41, 5.74) is 0.829. The normalized spacial score (nSPS) is 10.2. The fourth-order valence-electron chi connectivity index (χ4n) is 1.86. The second-order valence-electron chi connectivity index (χ2n) is 5.12. The molecule has 0 radical (unpaired) electrons. The van der Waals surface area contributed by atoms with E-state index in [1.165, 1.54) is 26.4 Å². The van der Waals surface area contributed by atoms with Gasteiger partial charge >= 0.3 is 19.5 Å². The van der Waals surface area contributed by atoms with E-state index in [1.54, 1.807) is 13.8 Å². The summed E-state index contributed by atoms with van der Waals surface area (Å²) in [7, 11) is 2.78. The summed E-state index contributed by atoms with van der Waals surface area (Å²) in [6, 6.07) is 3.05. The standard InChI is InChI=1S/C14H16N4O4S.C2H4O2.Zn/c1-7(17-18-13(20)8(2)15-16-14(18)23)9-5-10(21-3)12(19)11(6-9)22-4;1-2(3)4;/h5-6,19H,1-4H3,(H,16,23);1H3,(H,3,4);/q;;+2/p-2. The van der Waals surface area contributed by atoms with E-state index in [0.29, 0.717) is 11.3 Å². The van der Waals surface area contributed by atoms with Gasteiger partial charge in [0.15, 0.2) is 0 Å². The predicted octanol–water partition coefficient (Wildman–Crippen LogP) is -0.274. The van der Waals surface area contributed by atoms with Crippen LogP contribution in [0.5, 0.6) is 17.2 Å². The third-order valence-electron chi connectivity index (χ3n) is 3.14. The maximum absolute atomic E-state index is 12.1. The number of aryl methyl sites for hydroxylation is 1. The second kappa shape index (κ2) is 11.3. The van der Waals surface area contributed by atoms with Crippen molar-refractivity contribution in [1.29, 1.82) is 0 Å². The van der Waals surface area contributed by atoms with Crippen LogP contribution < -0.4 is 25.2 Å². The van der Waals surface area contributed by atoms with E-state index in [1.807, 2.05) is 0 Å². The number of benzene rings is 1. The zero-order valence-corrected chi connectivity index (χ0v) is 19.8. The number of ether oxygens (including phenoxy) is 2. The largest absolute Gasteiger partial charge is 2.00 e. The average Bonchev–Trinajstić information content (AvgIpc) is 2.61. The van der Waals surface area contributed by atoms with Crippen molar-refractivity contribution in [2.24, 2.45) is 5.10 Å². The molecule has 0 saturated carbocycles. The Morgan fingerprint density at radius 1 is 1.25 bits per heavy atom. The first kappa shape index (κ1) is 25.4. The Morgan fingerprint density at radius 3 is 2.14 bits per heavy atom. The molecule has 2 aromatic rings. The molecule has 0 aliphatic rings. The van der Waals surface area contributed by atoms with E-state index in [-0.39, 0.29) is 47.2 Å². The SMILES string of the molecule is CC(=O)[O-].COc1cc(C(C)=Nn2c(=S)[nH]nc(C)c2=O)cc(OC)c1[O-].[Zn+2]. The van der Waals surface area contributed by atoms with Gasteiger partial charge in [-0.3, -0.25) is 9.89 Å². The molecule has 0 unspecified atom stereocenters. The van der Waals surface area contributed by atoms with Gasteiger partial charge in [0.1, 0.15) is 17.2 Å². The van der Waals surface area contributed by atoms with E-state index < -0.39 is 11.5 Å². The van der Waals surface area contributed by atoms with Gasteiger partial charge in [0.05, 0.1) is 19.9 Å². The number of carbonyl (C=O) groups excluding carboxylic acids is 1. The van der Waals surface area contributed by atoms with Gasteiger partial charge < -0.3 is 24.5 Å². The predicted molar refractivity (Wildman–Crippen MR) is 95.7 cm³/mol. The Hall–Kier alpha value is -2.59. The molecule has 12 heteroatoms. The van der Waals surface area contributed by atoms with Gasteiger partial charge in [-0.2, -0.15) is 14.9 Å². The number of carbonyl (C=O) groups is 1. The van der Waals surface area contributed by atoms with Gasteiger partial charge in [0, 0.05) is 11.5 Å². The molecule has 1 N–H and O–H groups in total. The molecular weight excluding hydrogens is 442 g/mol. The molecule has 2 rings (SSSR count). The Balaban J connectivity index is 0.00000133. The Kier molecular flexibility index (Phi) is 10.3. The summed E-state index contributed by atoms with van der Waals surface area (Å²) in [5.74, 6) is -1.20. The minimum atomic E-state index is -1.08. The van der Waals surface area contributed by atoms with Crippen LogP contribution in [0.15, 0.2) is 22.0 Å². The number of nitrogens with one attached hydrogen (secondary N) is 1. The summed E-state index contributed by atoms with van der Waals surface area (Å²) in [4.78, 5) is 21.0. The molecule has 10 nitrogen and oxygen atoms in total. The van der Waals surface area contributed by atoms with Crippen molar-refractivity contribution in [3.63, 3.8) is 0 Å². The van der Waals surface area contributed by atoms with E-state index >= 15 is 0 Å². The third-order valence-corrected chi connectivity index (χ3v) is 3.41. The number of hydrogen-bond donors (Lipinski definition) is 1. The number of carboxylic acid groups (broad SMARTS) is 1. The van der Waals surface area contributed by atoms with Gasteiger partial charge in [-0.1, -0.05) is 0 Å². The van der Waals surface area contributed by atoms with Crippen LogP contribution in [0.1, 0.15) is 25.1 Å². The number of aromatic amines is 1. The molecule has 0 saturated heterocycles. The van der Waals surface area contributed by atoms with Gasteiger partial charge in [-0.05, 0) is 50.9 Å². The number of rotatable bonds is 4. The van der Waals surface area contributed by atoms with Gasteiger partial charge in [0.25, 0.3) is 5.56 Å². The van der Waals surface area contributed by atoms with E-state index in [4.69, 9.17) is 31.6 Å². The molecule has 1 aromatic heterocycles. The monoisotopic (exact) mass is 458 g/mol. The van der Waals surface area contributed by atoms with Crippen molar-refractivity contribution in [2.75, 3.05) is 14.2 Å². The first-order valence-electron chi connectivity index (χ1n) is 7.47. The zero-order valence-electron chi connectivity index (χ0n) is 16.1. The topological polar surface area (TPSA) is 145 Å². The molecule has 0 aliphatic heterocycles. The van der Waals surface area contributed by atoms with Crippen LogP contribution in [0, 0.1) is 11.7 Å². The molecule has 28 heavy (non-hydrogen) atoms. The number of methoxy groups -OCH3 is 2. The molecule has 0 spiro atoms. The van der Waals surface area contributed by atoms with Crippen LogP contribution in [-0.4, -0.2) is 40.8 Å². The summed E-state index contributed by atoms with van der Waals surface area (Å²) >= 11 is 5.02. The summed E-state index contributed by atoms with van der Waals surface area (Å²) < 4.78 is 11.2. The maximum atomic E-state index is 12.1. The fraction of sp³-hybridized carbons (Fsp3) is 0.312. The van der Waals surface area contributed by atoms with Crippen LogP contribution in [0.4, 0.5) is 0 Å². The van der Waals surface area contributed by atoms with Crippen molar-refractivity contribution >= 4 is 23.9 Å². The second-order valence-corrected chi connectivity index (χ2v) is 5.50. The van der Waals surface area contributed by atoms with Crippen molar-refractivity contribution in [3.05, 3.63) is 38.5 Å².